The molecule has 1 aromatic rings. The summed E-state index contributed by atoms with van der Waals surface area (Å²) in [6, 6.07) is 0.0404. The molecule has 0 saturated heterocycles. The van der Waals surface area contributed by atoms with E-state index in [0.29, 0.717) is 0 Å². The third-order valence-electron chi connectivity index (χ3n) is 2.04. The quantitative estimate of drug-likeness (QED) is 0.653. The van der Waals surface area contributed by atoms with Gasteiger partial charge in [0.05, 0.1) is 11.7 Å². The van der Waals surface area contributed by atoms with E-state index >= 15 is 0 Å². The van der Waals surface area contributed by atoms with Crippen molar-refractivity contribution in [2.75, 3.05) is 5.75 Å². The van der Waals surface area contributed by atoms with Crippen LogP contribution in [0, 0.1) is 0 Å². The number of hydrogen-bond donors (Lipinski definition) is 2. The topological polar surface area (TPSA) is 68.8 Å². The van der Waals surface area contributed by atoms with Crippen molar-refractivity contribution >= 4 is 27.7 Å². The van der Waals surface area contributed by atoms with Crippen molar-refractivity contribution in [3.05, 3.63) is 10.3 Å². The molecule has 0 amide bonds. The molecule has 7 heteroatoms. The third kappa shape index (κ3) is 3.73. The molecular weight excluding hydrogens is 290 g/mol. The number of nitrogens with zero attached hydrogens (tertiary/aromatic N) is 3. The highest BCUT2D eigenvalue weighted by Crippen LogP contribution is 2.29. The lowest BCUT2D eigenvalue weighted by Gasteiger charge is -2.22. The monoisotopic (exact) mass is 307 g/mol. The Labute approximate surface area is 109 Å². The fourth-order valence-electron chi connectivity index (χ4n) is 1.25. The number of nitrogens with two attached hydrogens (primary N) is 1. The fourth-order valence-corrected chi connectivity index (χ4v) is 2.77. The zero-order valence-electron chi connectivity index (χ0n) is 9.99. The van der Waals surface area contributed by atoms with Crippen LogP contribution in [-0.4, -0.2) is 25.5 Å². The van der Waals surface area contributed by atoms with Gasteiger partial charge in [-0.3, -0.25) is 11.3 Å². The zero-order chi connectivity index (χ0) is 12.3. The second-order valence-electron chi connectivity index (χ2n) is 4.53. The maximum Gasteiger partial charge on any atom is 0.153 e. The summed E-state index contributed by atoms with van der Waals surface area (Å²) in [6.45, 7) is 6.55. The normalized spacial score (nSPS) is 14.1. The van der Waals surface area contributed by atoms with Crippen LogP contribution in [-0.2, 0) is 7.05 Å². The largest absolute Gasteiger partial charge is 0.271 e. The first-order valence-electron chi connectivity index (χ1n) is 5.00. The van der Waals surface area contributed by atoms with Gasteiger partial charge in [0.1, 0.15) is 0 Å². The molecule has 0 aromatic carbocycles. The van der Waals surface area contributed by atoms with Crippen LogP contribution in [0.25, 0.3) is 0 Å². The van der Waals surface area contributed by atoms with Crippen LogP contribution in [0.4, 0.5) is 0 Å². The molecule has 0 saturated carbocycles. The molecule has 1 atom stereocenters. The third-order valence-corrected chi connectivity index (χ3v) is 3.97. The Morgan fingerprint density at radius 2 is 2.19 bits per heavy atom. The van der Waals surface area contributed by atoms with Crippen LogP contribution in [0.15, 0.2) is 4.60 Å². The zero-order valence-corrected chi connectivity index (χ0v) is 12.4. The second kappa shape index (κ2) is 5.48. The number of aromatic nitrogens is 3. The lowest BCUT2D eigenvalue weighted by molar-refractivity contribution is 0.548. The maximum absolute atomic E-state index is 5.58. The van der Waals surface area contributed by atoms with E-state index in [0.717, 1.165) is 16.0 Å². The molecule has 0 bridgehead atoms. The van der Waals surface area contributed by atoms with E-state index in [1.807, 2.05) is 18.8 Å². The van der Waals surface area contributed by atoms with Crippen LogP contribution in [0.1, 0.15) is 32.5 Å². The van der Waals surface area contributed by atoms with Crippen molar-refractivity contribution in [3.8, 4) is 0 Å². The number of hydrazine groups is 1. The summed E-state index contributed by atoms with van der Waals surface area (Å²) in [4.78, 5) is 0. The van der Waals surface area contributed by atoms with E-state index in [9.17, 15) is 0 Å². The number of rotatable bonds is 4. The highest BCUT2D eigenvalue weighted by Gasteiger charge is 2.21. The molecule has 1 unspecified atom stereocenters. The van der Waals surface area contributed by atoms with Gasteiger partial charge in [-0.25, -0.2) is 4.68 Å². The molecule has 0 radical (unpaired) electrons. The Morgan fingerprint density at radius 3 is 2.56 bits per heavy atom. The maximum atomic E-state index is 5.58. The Hall–Kier alpha value is -0.110. The summed E-state index contributed by atoms with van der Waals surface area (Å²) >= 11 is 5.23. The van der Waals surface area contributed by atoms with Crippen molar-refractivity contribution in [2.24, 2.45) is 12.9 Å². The standard InChI is InChI=1S/C9H18BrN5S/c1-9(2,3)16-5-6(12-11)7-8(10)13-14-15(7)4/h6,12H,5,11H2,1-4H3. The smallest absolute Gasteiger partial charge is 0.153 e. The lowest BCUT2D eigenvalue weighted by atomic mass is 10.2. The molecular formula is C9H18BrN5S. The predicted molar refractivity (Wildman–Crippen MR) is 71.0 cm³/mol. The average molecular weight is 308 g/mol. The van der Waals surface area contributed by atoms with Crippen molar-refractivity contribution < 1.29 is 0 Å². The lowest BCUT2D eigenvalue weighted by Crippen LogP contribution is -2.32. The van der Waals surface area contributed by atoms with Crippen molar-refractivity contribution in [1.82, 2.24) is 20.4 Å². The molecule has 0 aliphatic carbocycles. The number of aryl methyl sites for hydroxylation is 1. The molecule has 92 valence electrons. The van der Waals surface area contributed by atoms with Gasteiger partial charge < -0.3 is 0 Å². The van der Waals surface area contributed by atoms with Crippen molar-refractivity contribution in [2.45, 2.75) is 31.6 Å². The number of nitrogens with one attached hydrogen (secondary N) is 1. The first-order valence-corrected chi connectivity index (χ1v) is 6.78. The van der Waals surface area contributed by atoms with Crippen LogP contribution in [0.5, 0.6) is 0 Å². The van der Waals surface area contributed by atoms with Gasteiger partial charge >= 0.3 is 0 Å². The summed E-state index contributed by atoms with van der Waals surface area (Å²) in [5.74, 6) is 6.45. The SMILES string of the molecule is Cn1nnc(Br)c1C(CSC(C)(C)C)NN. The second-order valence-corrected chi connectivity index (χ2v) is 7.13. The van der Waals surface area contributed by atoms with Gasteiger partial charge in [0, 0.05) is 17.5 Å². The van der Waals surface area contributed by atoms with E-state index in [2.05, 4.69) is 52.4 Å². The molecule has 1 aromatic heterocycles. The highest BCUT2D eigenvalue weighted by molar-refractivity contribution is 9.10. The Bertz CT molecular complexity index is 327. The van der Waals surface area contributed by atoms with Gasteiger partial charge in [-0.15, -0.1) is 5.10 Å². The summed E-state index contributed by atoms with van der Waals surface area (Å²) < 4.78 is 2.69. The fraction of sp³-hybridized carbons (Fsp3) is 0.778. The van der Waals surface area contributed by atoms with Gasteiger partial charge in [0.15, 0.2) is 4.60 Å². The van der Waals surface area contributed by atoms with E-state index in [1.54, 1.807) is 4.68 Å². The molecule has 0 aliphatic rings. The Kier molecular flexibility index (Phi) is 4.78. The number of halogens is 1. The van der Waals surface area contributed by atoms with E-state index in [4.69, 9.17) is 5.84 Å². The molecule has 1 rings (SSSR count). The summed E-state index contributed by atoms with van der Waals surface area (Å²) in [5.41, 5.74) is 3.78. The van der Waals surface area contributed by atoms with Crippen LogP contribution < -0.4 is 11.3 Å². The molecule has 16 heavy (non-hydrogen) atoms. The number of thioether (sulfide) groups is 1. The van der Waals surface area contributed by atoms with E-state index < -0.39 is 0 Å². The minimum absolute atomic E-state index is 0.0404. The van der Waals surface area contributed by atoms with Crippen molar-refractivity contribution in [1.29, 1.82) is 0 Å². The summed E-state index contributed by atoms with van der Waals surface area (Å²) in [6.07, 6.45) is 0. The Morgan fingerprint density at radius 1 is 1.56 bits per heavy atom. The minimum atomic E-state index is 0.0404. The summed E-state index contributed by atoms with van der Waals surface area (Å²) in [5, 5.41) is 7.90. The van der Waals surface area contributed by atoms with Gasteiger partial charge in [0.25, 0.3) is 0 Å². The first kappa shape index (κ1) is 14.0. The van der Waals surface area contributed by atoms with Crippen LogP contribution >= 0.6 is 27.7 Å². The average Bonchev–Trinajstić information content (AvgIpc) is 2.48. The van der Waals surface area contributed by atoms with Gasteiger partial charge in [0.2, 0.25) is 0 Å². The molecule has 1 heterocycles. The van der Waals surface area contributed by atoms with Gasteiger partial charge in [-0.2, -0.15) is 11.8 Å². The Balaban J connectivity index is 2.75. The molecule has 0 spiro atoms. The van der Waals surface area contributed by atoms with E-state index in [-0.39, 0.29) is 10.8 Å². The molecule has 5 nitrogen and oxygen atoms in total. The molecule has 0 aliphatic heterocycles. The molecule has 0 fully saturated rings. The highest BCUT2D eigenvalue weighted by atomic mass is 79.9. The van der Waals surface area contributed by atoms with Gasteiger partial charge in [-0.05, 0) is 15.9 Å². The predicted octanol–water partition coefficient (Wildman–Crippen LogP) is 1.61. The number of hydrogen-bond acceptors (Lipinski definition) is 5. The van der Waals surface area contributed by atoms with Crippen LogP contribution in [0.2, 0.25) is 0 Å². The van der Waals surface area contributed by atoms with E-state index in [1.165, 1.54) is 0 Å². The minimum Gasteiger partial charge on any atom is -0.271 e. The summed E-state index contributed by atoms with van der Waals surface area (Å²) in [7, 11) is 1.86. The molecule has 3 N–H and O–H groups in total. The van der Waals surface area contributed by atoms with Crippen molar-refractivity contribution in [3.63, 3.8) is 0 Å². The first-order chi connectivity index (χ1) is 7.35. The van der Waals surface area contributed by atoms with Crippen LogP contribution in [0.3, 0.4) is 0 Å². The van der Waals surface area contributed by atoms with Gasteiger partial charge in [-0.1, -0.05) is 26.0 Å².